The van der Waals surface area contributed by atoms with Crippen LogP contribution in [0.25, 0.3) is 0 Å². The summed E-state index contributed by atoms with van der Waals surface area (Å²) >= 11 is 1.47. The Kier molecular flexibility index (Phi) is 10.4. The van der Waals surface area contributed by atoms with Gasteiger partial charge in [-0.3, -0.25) is 9.59 Å². The van der Waals surface area contributed by atoms with Crippen molar-refractivity contribution >= 4 is 28.3 Å². The van der Waals surface area contributed by atoms with Crippen LogP contribution in [0.2, 0.25) is 0 Å². The Bertz CT molecular complexity index is 550. The first-order valence-electron chi connectivity index (χ1n) is 9.76. The number of thiazole rings is 1. The van der Waals surface area contributed by atoms with Crippen LogP contribution in [0.5, 0.6) is 0 Å². The van der Waals surface area contributed by atoms with Gasteiger partial charge in [-0.2, -0.15) is 0 Å². The molecule has 0 aromatic carbocycles. The lowest BCUT2D eigenvalue weighted by molar-refractivity contribution is -0.895. The molecule has 1 heterocycles. The van der Waals surface area contributed by atoms with E-state index in [2.05, 4.69) is 31.1 Å². The summed E-state index contributed by atoms with van der Waals surface area (Å²) in [7, 11) is 0. The Morgan fingerprint density at radius 3 is 2.38 bits per heavy atom. The van der Waals surface area contributed by atoms with Gasteiger partial charge in [-0.25, -0.2) is 4.98 Å². The van der Waals surface area contributed by atoms with Gasteiger partial charge < -0.3 is 15.1 Å². The third-order valence-electron chi connectivity index (χ3n) is 4.69. The van der Waals surface area contributed by atoms with Crippen LogP contribution in [0.3, 0.4) is 0 Å². The van der Waals surface area contributed by atoms with Crippen molar-refractivity contribution in [3.63, 3.8) is 0 Å². The van der Waals surface area contributed by atoms with E-state index < -0.39 is 0 Å². The van der Waals surface area contributed by atoms with Gasteiger partial charge in [0.2, 0.25) is 11.8 Å². The minimum absolute atomic E-state index is 0.0756. The molecule has 0 aliphatic heterocycles. The normalized spacial score (nSPS) is 11.0. The van der Waals surface area contributed by atoms with Crippen molar-refractivity contribution in [1.82, 2.24) is 9.88 Å². The second-order valence-electron chi connectivity index (χ2n) is 6.69. The number of unbranched alkanes of at least 4 members (excludes halogenated alkanes) is 2. The van der Waals surface area contributed by atoms with Gasteiger partial charge in [0, 0.05) is 11.3 Å². The number of hydrogen-bond donors (Lipinski definition) is 2. The van der Waals surface area contributed by atoms with Crippen LogP contribution in [-0.4, -0.2) is 54.4 Å². The molecule has 0 aliphatic carbocycles. The van der Waals surface area contributed by atoms with Gasteiger partial charge in [0.1, 0.15) is 6.54 Å². The van der Waals surface area contributed by atoms with Crippen molar-refractivity contribution in [2.75, 3.05) is 38.0 Å². The van der Waals surface area contributed by atoms with Crippen LogP contribution in [0, 0.1) is 13.8 Å². The monoisotopic (exact) mass is 383 g/mol. The summed E-state index contributed by atoms with van der Waals surface area (Å²) in [6, 6.07) is 0. The average Bonchev–Trinajstić information content (AvgIpc) is 2.92. The van der Waals surface area contributed by atoms with E-state index in [0.29, 0.717) is 18.1 Å². The lowest BCUT2D eigenvalue weighted by Crippen LogP contribution is -3.12. The zero-order chi connectivity index (χ0) is 19.5. The molecule has 1 rings (SSSR count). The fraction of sp³-hybridized carbons (Fsp3) is 0.737. The Morgan fingerprint density at radius 2 is 1.85 bits per heavy atom. The Labute approximate surface area is 162 Å². The number of nitrogens with one attached hydrogen (secondary N) is 2. The zero-order valence-corrected chi connectivity index (χ0v) is 17.8. The summed E-state index contributed by atoms with van der Waals surface area (Å²) in [6.45, 7) is 14.0. The van der Waals surface area contributed by atoms with Crippen molar-refractivity contribution in [2.45, 2.75) is 60.3 Å². The van der Waals surface area contributed by atoms with Gasteiger partial charge in [-0.05, 0) is 34.1 Å². The Hall–Kier alpha value is -1.47. The maximum Gasteiger partial charge on any atom is 0.245 e. The van der Waals surface area contributed by atoms with E-state index in [0.717, 1.165) is 49.5 Å². The number of quaternary nitrogens is 1. The maximum absolute atomic E-state index is 12.6. The second kappa shape index (κ2) is 12.0. The summed E-state index contributed by atoms with van der Waals surface area (Å²) in [5.74, 6) is -0.0937. The van der Waals surface area contributed by atoms with Crippen molar-refractivity contribution < 1.29 is 14.5 Å². The number of rotatable bonds is 12. The van der Waals surface area contributed by atoms with E-state index in [1.165, 1.54) is 16.2 Å². The van der Waals surface area contributed by atoms with E-state index in [4.69, 9.17) is 0 Å². The lowest BCUT2D eigenvalue weighted by atomic mass is 10.2. The van der Waals surface area contributed by atoms with E-state index in [1.54, 1.807) is 4.90 Å². The van der Waals surface area contributed by atoms with Crippen molar-refractivity contribution in [3.05, 3.63) is 10.6 Å². The summed E-state index contributed by atoms with van der Waals surface area (Å²) in [6.07, 6.45) is 3.53. The van der Waals surface area contributed by atoms with Crippen LogP contribution < -0.4 is 10.2 Å². The fourth-order valence-electron chi connectivity index (χ4n) is 2.73. The van der Waals surface area contributed by atoms with Crippen LogP contribution in [-0.2, 0) is 9.59 Å². The summed E-state index contributed by atoms with van der Waals surface area (Å²) in [5.41, 5.74) is 0.933. The fourth-order valence-corrected chi connectivity index (χ4v) is 3.56. The molecule has 0 aliphatic rings. The van der Waals surface area contributed by atoms with Crippen LogP contribution in [0.1, 0.15) is 57.0 Å². The van der Waals surface area contributed by atoms with E-state index in [1.807, 2.05) is 13.8 Å². The van der Waals surface area contributed by atoms with Gasteiger partial charge >= 0.3 is 0 Å². The van der Waals surface area contributed by atoms with E-state index >= 15 is 0 Å². The number of likely N-dealkylation sites (N-methyl/N-ethyl adjacent to an activating group) is 1. The zero-order valence-electron chi connectivity index (χ0n) is 17.0. The highest BCUT2D eigenvalue weighted by molar-refractivity contribution is 7.15. The molecule has 2 amide bonds. The molecule has 0 radical (unpaired) electrons. The summed E-state index contributed by atoms with van der Waals surface area (Å²) < 4.78 is 0. The molecule has 0 fully saturated rings. The SMILES string of the molecule is CCCCCC(=O)N(CC[NH+](CC)CC)CC(=O)Nc1nc(C)c(C)s1. The Morgan fingerprint density at radius 1 is 1.15 bits per heavy atom. The largest absolute Gasteiger partial charge is 0.334 e. The first-order chi connectivity index (χ1) is 12.4. The van der Waals surface area contributed by atoms with Crippen molar-refractivity contribution in [2.24, 2.45) is 0 Å². The topological polar surface area (TPSA) is 66.7 Å². The molecule has 0 spiro atoms. The second-order valence-corrected chi connectivity index (χ2v) is 7.89. The number of carbonyl (C=O) groups excluding carboxylic acids is 2. The van der Waals surface area contributed by atoms with E-state index in [-0.39, 0.29) is 18.4 Å². The van der Waals surface area contributed by atoms with Gasteiger partial charge in [0.15, 0.2) is 5.13 Å². The molecule has 0 unspecified atom stereocenters. The predicted octanol–water partition coefficient (Wildman–Crippen LogP) is 2.03. The smallest absolute Gasteiger partial charge is 0.245 e. The number of nitrogens with zero attached hydrogens (tertiary/aromatic N) is 2. The highest BCUT2D eigenvalue weighted by Gasteiger charge is 2.19. The third kappa shape index (κ3) is 7.83. The summed E-state index contributed by atoms with van der Waals surface area (Å²) in [4.78, 5) is 33.6. The molecule has 0 atom stereocenters. The standard InChI is InChI=1S/C19H34N4O2S/c1-6-9-10-11-18(25)23(13-12-22(7-2)8-3)14-17(24)21-19-20-15(4)16(5)26-19/h6-14H2,1-5H3,(H,20,21,24)/p+1. The van der Waals surface area contributed by atoms with E-state index in [9.17, 15) is 9.59 Å². The molecular formula is C19H35N4O2S+. The number of carbonyl (C=O) groups is 2. The van der Waals surface area contributed by atoms with Crippen LogP contribution >= 0.6 is 11.3 Å². The number of aryl methyl sites for hydroxylation is 2. The van der Waals surface area contributed by atoms with Crippen molar-refractivity contribution in [1.29, 1.82) is 0 Å². The van der Waals surface area contributed by atoms with Gasteiger partial charge in [0.05, 0.1) is 31.9 Å². The molecule has 6 nitrogen and oxygen atoms in total. The number of amides is 2. The molecule has 2 N–H and O–H groups in total. The van der Waals surface area contributed by atoms with Gasteiger partial charge in [-0.15, -0.1) is 11.3 Å². The minimum atomic E-state index is -0.169. The molecule has 26 heavy (non-hydrogen) atoms. The summed E-state index contributed by atoms with van der Waals surface area (Å²) in [5, 5.41) is 3.45. The predicted molar refractivity (Wildman–Crippen MR) is 108 cm³/mol. The molecule has 0 saturated heterocycles. The lowest BCUT2D eigenvalue weighted by Gasteiger charge is -2.24. The molecular weight excluding hydrogens is 348 g/mol. The third-order valence-corrected chi connectivity index (χ3v) is 5.68. The molecule has 1 aromatic rings. The van der Waals surface area contributed by atoms with Crippen LogP contribution in [0.4, 0.5) is 5.13 Å². The molecule has 1 aromatic heterocycles. The average molecular weight is 384 g/mol. The highest BCUT2D eigenvalue weighted by Crippen LogP contribution is 2.20. The Balaban J connectivity index is 2.66. The number of anilines is 1. The van der Waals surface area contributed by atoms with Gasteiger partial charge in [-0.1, -0.05) is 19.8 Å². The van der Waals surface area contributed by atoms with Crippen LogP contribution in [0.15, 0.2) is 0 Å². The van der Waals surface area contributed by atoms with Gasteiger partial charge in [0.25, 0.3) is 0 Å². The molecule has 148 valence electrons. The first-order valence-corrected chi connectivity index (χ1v) is 10.6. The highest BCUT2D eigenvalue weighted by atomic mass is 32.1. The molecule has 7 heteroatoms. The molecule has 0 saturated carbocycles. The molecule has 0 bridgehead atoms. The quantitative estimate of drug-likeness (QED) is 0.543. The number of aromatic nitrogens is 1. The first kappa shape index (κ1) is 22.6. The number of hydrogen-bond acceptors (Lipinski definition) is 4. The minimum Gasteiger partial charge on any atom is -0.334 e. The maximum atomic E-state index is 12.6. The van der Waals surface area contributed by atoms with Crippen molar-refractivity contribution in [3.8, 4) is 0 Å².